The third-order valence-electron chi connectivity index (χ3n) is 4.00. The van der Waals surface area contributed by atoms with E-state index in [0.717, 1.165) is 6.42 Å². The van der Waals surface area contributed by atoms with Crippen molar-refractivity contribution in [1.82, 2.24) is 0 Å². The average molecular weight is 340 g/mol. The summed E-state index contributed by atoms with van der Waals surface area (Å²) in [5.41, 5.74) is 0.366. The lowest BCUT2D eigenvalue weighted by atomic mass is 9.96. The van der Waals surface area contributed by atoms with E-state index >= 15 is 0 Å². The molecule has 132 valence electrons. The van der Waals surface area contributed by atoms with E-state index in [2.05, 4.69) is 0 Å². The summed E-state index contributed by atoms with van der Waals surface area (Å²) >= 11 is 0. The van der Waals surface area contributed by atoms with Gasteiger partial charge in [-0.25, -0.2) is 9.59 Å². The Kier molecular flexibility index (Phi) is 6.75. The SMILES string of the molecule is CCCC(C)(CCOC(=O)c1ccccc1)OC(=O)c1ccccc1. The second-order valence-electron chi connectivity index (χ2n) is 6.21. The monoisotopic (exact) mass is 340 g/mol. The van der Waals surface area contributed by atoms with Crippen LogP contribution in [0.15, 0.2) is 60.7 Å². The molecule has 1 unspecified atom stereocenters. The molecule has 0 aliphatic rings. The van der Waals surface area contributed by atoms with Gasteiger partial charge in [-0.05, 0) is 37.6 Å². The van der Waals surface area contributed by atoms with Gasteiger partial charge in [-0.1, -0.05) is 49.7 Å². The molecular weight excluding hydrogens is 316 g/mol. The molecule has 2 aromatic rings. The number of carbonyl (C=O) groups is 2. The second-order valence-corrected chi connectivity index (χ2v) is 6.21. The Morgan fingerprint density at radius 2 is 1.36 bits per heavy atom. The van der Waals surface area contributed by atoms with E-state index in [1.807, 2.05) is 26.0 Å². The van der Waals surface area contributed by atoms with Gasteiger partial charge >= 0.3 is 11.9 Å². The topological polar surface area (TPSA) is 52.6 Å². The molecule has 25 heavy (non-hydrogen) atoms. The molecule has 0 aliphatic carbocycles. The first-order chi connectivity index (χ1) is 12.0. The van der Waals surface area contributed by atoms with E-state index in [9.17, 15) is 9.59 Å². The maximum atomic E-state index is 12.3. The molecule has 0 aliphatic heterocycles. The Morgan fingerprint density at radius 3 is 1.88 bits per heavy atom. The van der Waals surface area contributed by atoms with Crippen LogP contribution in [0.4, 0.5) is 0 Å². The van der Waals surface area contributed by atoms with Gasteiger partial charge in [0.25, 0.3) is 0 Å². The zero-order valence-corrected chi connectivity index (χ0v) is 14.7. The molecule has 0 radical (unpaired) electrons. The molecule has 0 saturated heterocycles. The molecule has 4 nitrogen and oxygen atoms in total. The van der Waals surface area contributed by atoms with E-state index in [0.29, 0.717) is 24.0 Å². The van der Waals surface area contributed by atoms with E-state index in [-0.39, 0.29) is 18.5 Å². The zero-order valence-electron chi connectivity index (χ0n) is 14.7. The molecule has 0 saturated carbocycles. The Labute approximate surface area is 148 Å². The first-order valence-electron chi connectivity index (χ1n) is 8.54. The molecule has 0 heterocycles. The van der Waals surface area contributed by atoms with Gasteiger partial charge < -0.3 is 9.47 Å². The van der Waals surface area contributed by atoms with E-state index < -0.39 is 5.60 Å². The molecule has 2 aromatic carbocycles. The molecular formula is C21H24O4. The standard InChI is InChI=1S/C21H24O4/c1-3-14-21(2,25-20(23)18-12-8-5-9-13-18)15-16-24-19(22)17-10-6-4-7-11-17/h4-13H,3,14-16H2,1-2H3. The molecule has 1 atom stereocenters. The molecule has 2 rings (SSSR count). The first kappa shape index (κ1) is 18.7. The summed E-state index contributed by atoms with van der Waals surface area (Å²) in [4.78, 5) is 24.3. The fourth-order valence-corrected chi connectivity index (χ4v) is 2.63. The lowest BCUT2D eigenvalue weighted by Crippen LogP contribution is -2.33. The van der Waals surface area contributed by atoms with Crippen LogP contribution in [0.25, 0.3) is 0 Å². The van der Waals surface area contributed by atoms with Gasteiger partial charge in [-0.3, -0.25) is 0 Å². The van der Waals surface area contributed by atoms with Crippen molar-refractivity contribution in [3.63, 3.8) is 0 Å². The van der Waals surface area contributed by atoms with Crippen molar-refractivity contribution in [3.05, 3.63) is 71.8 Å². The van der Waals surface area contributed by atoms with Crippen molar-refractivity contribution >= 4 is 11.9 Å². The van der Waals surface area contributed by atoms with Crippen molar-refractivity contribution < 1.29 is 19.1 Å². The number of hydrogen-bond donors (Lipinski definition) is 0. The van der Waals surface area contributed by atoms with Crippen molar-refractivity contribution in [3.8, 4) is 0 Å². The molecule has 0 bridgehead atoms. The van der Waals surface area contributed by atoms with Crippen LogP contribution in [0.2, 0.25) is 0 Å². The quantitative estimate of drug-likeness (QED) is 0.656. The van der Waals surface area contributed by atoms with Gasteiger partial charge in [-0.2, -0.15) is 0 Å². The van der Waals surface area contributed by atoms with Crippen LogP contribution < -0.4 is 0 Å². The maximum Gasteiger partial charge on any atom is 0.338 e. The van der Waals surface area contributed by atoms with Gasteiger partial charge in [0, 0.05) is 6.42 Å². The number of rotatable bonds is 8. The van der Waals surface area contributed by atoms with Crippen LogP contribution in [0, 0.1) is 0 Å². The summed E-state index contributed by atoms with van der Waals surface area (Å²) in [5, 5.41) is 0. The highest BCUT2D eigenvalue weighted by Gasteiger charge is 2.29. The zero-order chi connectivity index (χ0) is 18.1. The highest BCUT2D eigenvalue weighted by atomic mass is 16.6. The van der Waals surface area contributed by atoms with Crippen molar-refractivity contribution in [1.29, 1.82) is 0 Å². The van der Waals surface area contributed by atoms with E-state index in [1.165, 1.54) is 0 Å². The average Bonchev–Trinajstić information content (AvgIpc) is 2.63. The molecule has 0 amide bonds. The largest absolute Gasteiger partial charge is 0.462 e. The van der Waals surface area contributed by atoms with Gasteiger partial charge in [0.1, 0.15) is 5.60 Å². The molecule has 0 N–H and O–H groups in total. The van der Waals surface area contributed by atoms with Crippen LogP contribution >= 0.6 is 0 Å². The van der Waals surface area contributed by atoms with E-state index in [4.69, 9.17) is 9.47 Å². The first-order valence-corrected chi connectivity index (χ1v) is 8.54. The summed E-state index contributed by atoms with van der Waals surface area (Å²) in [5.74, 6) is -0.722. The highest BCUT2D eigenvalue weighted by Crippen LogP contribution is 2.24. The lowest BCUT2D eigenvalue weighted by Gasteiger charge is -2.29. The minimum absolute atomic E-state index is 0.201. The maximum absolute atomic E-state index is 12.3. The smallest absolute Gasteiger partial charge is 0.338 e. The fraction of sp³-hybridized carbons (Fsp3) is 0.333. The Morgan fingerprint density at radius 1 is 0.840 bits per heavy atom. The summed E-state index contributed by atoms with van der Waals surface area (Å²) in [6.45, 7) is 4.12. The molecule has 0 fully saturated rings. The summed E-state index contributed by atoms with van der Waals surface area (Å²) in [7, 11) is 0. The van der Waals surface area contributed by atoms with Gasteiger partial charge in [0.05, 0.1) is 17.7 Å². The minimum Gasteiger partial charge on any atom is -0.462 e. The van der Waals surface area contributed by atoms with Crippen LogP contribution in [-0.2, 0) is 9.47 Å². The van der Waals surface area contributed by atoms with Crippen LogP contribution in [-0.4, -0.2) is 24.1 Å². The van der Waals surface area contributed by atoms with Crippen LogP contribution in [0.3, 0.4) is 0 Å². The molecule has 0 spiro atoms. The number of benzene rings is 2. The highest BCUT2D eigenvalue weighted by molar-refractivity contribution is 5.90. The number of ether oxygens (including phenoxy) is 2. The molecule has 0 aromatic heterocycles. The minimum atomic E-state index is -0.668. The van der Waals surface area contributed by atoms with Crippen LogP contribution in [0.5, 0.6) is 0 Å². The van der Waals surface area contributed by atoms with Gasteiger partial charge in [0.2, 0.25) is 0 Å². The number of hydrogen-bond acceptors (Lipinski definition) is 4. The van der Waals surface area contributed by atoms with E-state index in [1.54, 1.807) is 48.5 Å². The molecule has 4 heteroatoms. The Bertz CT molecular complexity index is 682. The Hall–Kier alpha value is -2.62. The Balaban J connectivity index is 1.92. The third-order valence-corrected chi connectivity index (χ3v) is 4.00. The van der Waals surface area contributed by atoms with Crippen molar-refractivity contribution in [2.45, 2.75) is 38.7 Å². The summed E-state index contributed by atoms with van der Waals surface area (Å²) in [6, 6.07) is 17.8. The normalized spacial score (nSPS) is 12.9. The predicted molar refractivity (Wildman–Crippen MR) is 96.5 cm³/mol. The van der Waals surface area contributed by atoms with Crippen molar-refractivity contribution in [2.75, 3.05) is 6.61 Å². The van der Waals surface area contributed by atoms with Crippen molar-refractivity contribution in [2.24, 2.45) is 0 Å². The predicted octanol–water partition coefficient (Wildman–Crippen LogP) is 4.65. The number of esters is 2. The second kappa shape index (κ2) is 9.02. The number of carbonyl (C=O) groups excluding carboxylic acids is 2. The van der Waals surface area contributed by atoms with Gasteiger partial charge in [-0.15, -0.1) is 0 Å². The lowest BCUT2D eigenvalue weighted by molar-refractivity contribution is -0.0275. The summed E-state index contributed by atoms with van der Waals surface area (Å²) < 4.78 is 11.0. The van der Waals surface area contributed by atoms with Gasteiger partial charge in [0.15, 0.2) is 0 Å². The fourth-order valence-electron chi connectivity index (χ4n) is 2.63. The third kappa shape index (κ3) is 5.75. The van der Waals surface area contributed by atoms with Crippen LogP contribution in [0.1, 0.15) is 53.8 Å². The summed E-state index contributed by atoms with van der Waals surface area (Å²) in [6.07, 6.45) is 2.03.